The zero-order valence-corrected chi connectivity index (χ0v) is 20.4. The Hall–Kier alpha value is -1.24. The molecule has 0 heterocycles. The van der Waals surface area contributed by atoms with E-state index in [1.165, 1.54) is 0 Å². The van der Waals surface area contributed by atoms with Crippen LogP contribution in [0.1, 0.15) is 16.7 Å². The molecule has 0 bridgehead atoms. The zero-order valence-electron chi connectivity index (χ0n) is 14.9. The number of halogens is 5. The fraction of sp³-hybridized carbons (Fsp3) is 0.0952. The highest BCUT2D eigenvalue weighted by molar-refractivity contribution is 9.11. The molecule has 0 spiro atoms. The van der Waals surface area contributed by atoms with Crippen molar-refractivity contribution in [2.75, 3.05) is 0 Å². The third-order valence-electron chi connectivity index (χ3n) is 3.94. The zero-order chi connectivity index (χ0) is 20.8. The molecule has 0 unspecified atom stereocenters. The fourth-order valence-corrected chi connectivity index (χ4v) is 4.59. The Morgan fingerprint density at radius 1 is 0.897 bits per heavy atom. The van der Waals surface area contributed by atoms with E-state index in [1.807, 2.05) is 42.5 Å². The lowest BCUT2D eigenvalue weighted by molar-refractivity contribution is 0.302. The number of hydrogen-bond donors (Lipinski definition) is 1. The van der Waals surface area contributed by atoms with E-state index in [4.69, 9.17) is 39.5 Å². The first-order valence-electron chi connectivity index (χ1n) is 8.49. The van der Waals surface area contributed by atoms with E-state index >= 15 is 0 Å². The average Bonchev–Trinajstić information content (AvgIpc) is 2.67. The summed E-state index contributed by atoms with van der Waals surface area (Å²) in [6, 6.07) is 16.8. The number of benzene rings is 3. The summed E-state index contributed by atoms with van der Waals surface area (Å²) in [5, 5.41) is 6.13. The van der Waals surface area contributed by atoms with Crippen molar-refractivity contribution in [3.63, 3.8) is 0 Å². The molecule has 3 aromatic rings. The van der Waals surface area contributed by atoms with Crippen LogP contribution < -0.4 is 10.2 Å². The molecule has 3 rings (SSSR count). The number of hydrogen-bond acceptors (Lipinski definition) is 3. The topological polar surface area (TPSA) is 33.6 Å². The molecule has 0 aromatic heterocycles. The highest BCUT2D eigenvalue weighted by Gasteiger charge is 2.10. The van der Waals surface area contributed by atoms with Crippen molar-refractivity contribution in [1.82, 2.24) is 5.43 Å². The first kappa shape index (κ1) is 22.4. The molecule has 0 radical (unpaired) electrons. The molecule has 0 fully saturated rings. The largest absolute Gasteiger partial charge is 0.486 e. The second kappa shape index (κ2) is 10.7. The van der Waals surface area contributed by atoms with Gasteiger partial charge in [0.25, 0.3) is 0 Å². The lowest BCUT2D eigenvalue weighted by Gasteiger charge is -2.12. The minimum atomic E-state index is 0.319. The maximum atomic E-state index is 6.21. The molecule has 150 valence electrons. The molecule has 0 saturated heterocycles. The second-order valence-corrected chi connectivity index (χ2v) is 8.98. The number of nitrogens with zero attached hydrogens (tertiary/aromatic N) is 1. The van der Waals surface area contributed by atoms with Gasteiger partial charge in [-0.3, -0.25) is 0 Å². The van der Waals surface area contributed by atoms with Gasteiger partial charge in [-0.15, -0.1) is 0 Å². The first-order valence-corrected chi connectivity index (χ1v) is 11.2. The summed E-state index contributed by atoms with van der Waals surface area (Å²) in [6.07, 6.45) is 1.73. The van der Waals surface area contributed by atoms with Crippen LogP contribution in [0.25, 0.3) is 0 Å². The van der Waals surface area contributed by atoms with E-state index < -0.39 is 0 Å². The van der Waals surface area contributed by atoms with Crippen LogP contribution >= 0.6 is 66.7 Å². The van der Waals surface area contributed by atoms with Gasteiger partial charge in [0, 0.05) is 20.6 Å². The standard InChI is InChI=1S/C21H15Br2Cl3N2O/c22-17-7-13(10-27-28-11-14-3-1-2-4-19(14)25)8-18(23)21(17)29-12-15-5-6-16(24)9-20(15)26/h1-10,28H,11-12H2/b27-10-. The van der Waals surface area contributed by atoms with Gasteiger partial charge in [-0.25, -0.2) is 0 Å². The molecular weight excluding hydrogens is 562 g/mol. The molecule has 0 atom stereocenters. The molecule has 8 heteroatoms. The molecule has 0 aliphatic rings. The van der Waals surface area contributed by atoms with Crippen molar-refractivity contribution in [2.24, 2.45) is 5.10 Å². The van der Waals surface area contributed by atoms with E-state index in [0.717, 1.165) is 25.6 Å². The van der Waals surface area contributed by atoms with Crippen LogP contribution in [0, 0.1) is 0 Å². The van der Waals surface area contributed by atoms with Crippen LogP contribution in [-0.2, 0) is 13.2 Å². The van der Waals surface area contributed by atoms with E-state index in [0.29, 0.717) is 34.0 Å². The Morgan fingerprint density at radius 3 is 2.31 bits per heavy atom. The van der Waals surface area contributed by atoms with Crippen molar-refractivity contribution in [2.45, 2.75) is 13.2 Å². The van der Waals surface area contributed by atoms with Gasteiger partial charge in [0.2, 0.25) is 0 Å². The summed E-state index contributed by atoms with van der Waals surface area (Å²) < 4.78 is 7.52. The van der Waals surface area contributed by atoms with E-state index in [1.54, 1.807) is 18.3 Å². The van der Waals surface area contributed by atoms with Gasteiger partial charge >= 0.3 is 0 Å². The lowest BCUT2D eigenvalue weighted by atomic mass is 10.2. The van der Waals surface area contributed by atoms with Gasteiger partial charge in [-0.2, -0.15) is 5.10 Å². The maximum Gasteiger partial charge on any atom is 0.148 e. The Labute approximate surface area is 201 Å². The van der Waals surface area contributed by atoms with Crippen LogP contribution in [0.15, 0.2) is 68.6 Å². The monoisotopic (exact) mass is 574 g/mol. The molecule has 0 saturated carbocycles. The van der Waals surface area contributed by atoms with Gasteiger partial charge in [0.05, 0.1) is 21.7 Å². The summed E-state index contributed by atoms with van der Waals surface area (Å²) in [7, 11) is 0. The Kier molecular flexibility index (Phi) is 8.27. The van der Waals surface area contributed by atoms with Crippen molar-refractivity contribution in [3.8, 4) is 5.75 Å². The van der Waals surface area contributed by atoms with Crippen LogP contribution in [0.3, 0.4) is 0 Å². The van der Waals surface area contributed by atoms with Crippen LogP contribution in [-0.4, -0.2) is 6.21 Å². The quantitative estimate of drug-likeness (QED) is 0.229. The predicted molar refractivity (Wildman–Crippen MR) is 129 cm³/mol. The minimum Gasteiger partial charge on any atom is -0.486 e. The fourth-order valence-electron chi connectivity index (χ4n) is 2.47. The maximum absolute atomic E-state index is 6.21. The highest BCUT2D eigenvalue weighted by atomic mass is 79.9. The van der Waals surface area contributed by atoms with Gasteiger partial charge in [-0.05, 0) is 73.3 Å². The molecule has 3 aromatic carbocycles. The summed E-state index contributed by atoms with van der Waals surface area (Å²) in [4.78, 5) is 0. The van der Waals surface area contributed by atoms with E-state index in [-0.39, 0.29) is 0 Å². The van der Waals surface area contributed by atoms with E-state index in [2.05, 4.69) is 42.4 Å². The number of ether oxygens (including phenoxy) is 1. The normalized spacial score (nSPS) is 11.1. The Morgan fingerprint density at radius 2 is 1.62 bits per heavy atom. The molecule has 1 N–H and O–H groups in total. The van der Waals surface area contributed by atoms with Crippen LogP contribution in [0.4, 0.5) is 0 Å². The summed E-state index contributed by atoms with van der Waals surface area (Å²) in [5.41, 5.74) is 5.73. The summed E-state index contributed by atoms with van der Waals surface area (Å²) in [5.74, 6) is 0.678. The van der Waals surface area contributed by atoms with Crippen molar-refractivity contribution >= 4 is 72.9 Å². The molecular formula is C21H15Br2Cl3N2O. The van der Waals surface area contributed by atoms with Crippen LogP contribution in [0.2, 0.25) is 15.1 Å². The third-order valence-corrected chi connectivity index (χ3v) is 6.07. The van der Waals surface area contributed by atoms with Gasteiger partial charge in [0.1, 0.15) is 12.4 Å². The van der Waals surface area contributed by atoms with Gasteiger partial charge < -0.3 is 10.2 Å². The highest BCUT2D eigenvalue weighted by Crippen LogP contribution is 2.35. The SMILES string of the molecule is Clc1ccc(COc2c(Br)cc(/C=N\NCc3ccccc3Cl)cc2Br)c(Cl)c1. The lowest BCUT2D eigenvalue weighted by Crippen LogP contribution is -2.06. The smallest absolute Gasteiger partial charge is 0.148 e. The molecule has 3 nitrogen and oxygen atoms in total. The summed E-state index contributed by atoms with van der Waals surface area (Å²) >= 11 is 25.4. The predicted octanol–water partition coefficient (Wildman–Crippen LogP) is 7.87. The number of nitrogens with one attached hydrogen (secondary N) is 1. The van der Waals surface area contributed by atoms with Crippen LogP contribution in [0.5, 0.6) is 5.75 Å². The minimum absolute atomic E-state index is 0.319. The third kappa shape index (κ3) is 6.37. The Balaban J connectivity index is 1.63. The first-order chi connectivity index (χ1) is 13.9. The van der Waals surface area contributed by atoms with E-state index in [9.17, 15) is 0 Å². The number of rotatable bonds is 7. The molecule has 0 amide bonds. The van der Waals surface area contributed by atoms with Gasteiger partial charge in [-0.1, -0.05) is 59.1 Å². The van der Waals surface area contributed by atoms with Crippen molar-refractivity contribution < 1.29 is 4.74 Å². The molecule has 0 aliphatic carbocycles. The van der Waals surface area contributed by atoms with Crippen molar-refractivity contribution in [1.29, 1.82) is 0 Å². The van der Waals surface area contributed by atoms with Gasteiger partial charge in [0.15, 0.2) is 0 Å². The molecule has 29 heavy (non-hydrogen) atoms. The Bertz CT molecular complexity index is 1020. The summed E-state index contributed by atoms with van der Waals surface area (Å²) in [6.45, 7) is 0.863. The molecule has 0 aliphatic heterocycles. The number of hydrazone groups is 1. The second-order valence-electron chi connectivity index (χ2n) is 6.02. The van der Waals surface area contributed by atoms with Crippen molar-refractivity contribution in [3.05, 3.63) is 95.3 Å². The average molecular weight is 578 g/mol.